The lowest BCUT2D eigenvalue weighted by Gasteiger charge is -2.09. The van der Waals surface area contributed by atoms with E-state index in [1.54, 1.807) is 17.6 Å². The number of nitrogens with one attached hydrogen (secondary N) is 2. The van der Waals surface area contributed by atoms with Gasteiger partial charge in [0.25, 0.3) is 10.1 Å². The maximum Gasteiger partial charge on any atom is 0.295 e. The van der Waals surface area contributed by atoms with E-state index in [-0.39, 0.29) is 12.2 Å². The van der Waals surface area contributed by atoms with Gasteiger partial charge in [0.1, 0.15) is 5.75 Å². The Bertz CT molecular complexity index is 882. The number of hydroxylamine groups is 1. The summed E-state index contributed by atoms with van der Waals surface area (Å²) in [7, 11) is -4.27. The molecule has 5 N–H and O–H groups in total. The lowest BCUT2D eigenvalue weighted by molar-refractivity contribution is 0.101. The molecule has 0 bridgehead atoms. The number of carbonyl (C=O) groups is 1. The van der Waals surface area contributed by atoms with Crippen LogP contribution in [0.3, 0.4) is 0 Å². The summed E-state index contributed by atoms with van der Waals surface area (Å²) in [6, 6.07) is 13.9. The molecule has 0 aromatic heterocycles. The van der Waals surface area contributed by atoms with Gasteiger partial charge in [0.15, 0.2) is 5.78 Å². The fourth-order valence-corrected chi connectivity index (χ4v) is 2.89. The molecule has 0 aliphatic heterocycles. The summed E-state index contributed by atoms with van der Waals surface area (Å²) in [5, 5.41) is 16.3. The Morgan fingerprint density at radius 2 is 1.84 bits per heavy atom. The second-order valence-electron chi connectivity index (χ2n) is 5.17. The van der Waals surface area contributed by atoms with E-state index in [1.807, 2.05) is 30.3 Å². The normalized spacial score (nSPS) is 11.1. The van der Waals surface area contributed by atoms with E-state index < -0.39 is 27.6 Å². The summed E-state index contributed by atoms with van der Waals surface area (Å²) < 4.78 is 27.7. The van der Waals surface area contributed by atoms with Crippen molar-refractivity contribution in [3.05, 3.63) is 59.7 Å². The van der Waals surface area contributed by atoms with E-state index >= 15 is 0 Å². The first kappa shape index (κ1) is 18.6. The third-order valence-electron chi connectivity index (χ3n) is 3.19. The fourth-order valence-electron chi connectivity index (χ4n) is 2.12. The molecule has 0 saturated heterocycles. The molecule has 0 unspecified atom stereocenters. The van der Waals surface area contributed by atoms with Gasteiger partial charge in [-0.2, -0.15) is 8.42 Å². The fraction of sp³-hybridized carbons (Fsp3) is 0.125. The van der Waals surface area contributed by atoms with E-state index in [4.69, 9.17) is 11.1 Å². The molecule has 0 aliphatic carbocycles. The Morgan fingerprint density at radius 3 is 2.44 bits per heavy atom. The second-order valence-corrected chi connectivity index (χ2v) is 6.74. The Morgan fingerprint density at radius 1 is 1.16 bits per heavy atom. The number of hydrogen-bond donors (Lipinski definition) is 4. The lowest BCUT2D eigenvalue weighted by atomic mass is 9.98. The molecule has 2 aromatic rings. The highest BCUT2D eigenvalue weighted by atomic mass is 32.2. The minimum absolute atomic E-state index is 0.125. The molecule has 9 heteroatoms. The van der Waals surface area contributed by atoms with Crippen LogP contribution in [0.2, 0.25) is 0 Å². The highest BCUT2D eigenvalue weighted by Gasteiger charge is 2.20. The topological polar surface area (TPSA) is 143 Å². The molecule has 0 spiro atoms. The van der Waals surface area contributed by atoms with Crippen molar-refractivity contribution in [2.45, 2.75) is 6.61 Å². The molecule has 2 aromatic carbocycles. The maximum atomic E-state index is 12.3. The van der Waals surface area contributed by atoms with Crippen LogP contribution in [-0.4, -0.2) is 31.0 Å². The Hall–Kier alpha value is -2.75. The first-order valence-corrected chi connectivity index (χ1v) is 8.73. The van der Waals surface area contributed by atoms with E-state index in [2.05, 4.69) is 4.28 Å². The first-order chi connectivity index (χ1) is 11.8. The number of nitrogens with two attached hydrogens (primary N) is 1. The van der Waals surface area contributed by atoms with Crippen LogP contribution in [0.15, 0.2) is 48.5 Å². The van der Waals surface area contributed by atoms with Crippen molar-refractivity contribution >= 4 is 21.9 Å². The minimum Gasteiger partial charge on any atom is -0.392 e. The van der Waals surface area contributed by atoms with Gasteiger partial charge in [0, 0.05) is 5.56 Å². The summed E-state index contributed by atoms with van der Waals surface area (Å²) in [5.74, 6) is -2.35. The largest absolute Gasteiger partial charge is 0.392 e. The van der Waals surface area contributed by atoms with E-state index in [0.29, 0.717) is 11.1 Å². The van der Waals surface area contributed by atoms with Crippen LogP contribution >= 0.6 is 0 Å². The maximum absolute atomic E-state index is 12.3. The highest BCUT2D eigenvalue weighted by Crippen LogP contribution is 2.23. The zero-order valence-corrected chi connectivity index (χ0v) is 13.9. The molecule has 8 nitrogen and oxygen atoms in total. The second kappa shape index (κ2) is 7.88. The summed E-state index contributed by atoms with van der Waals surface area (Å²) in [4.78, 5) is 12.3. The molecule has 0 saturated carbocycles. The van der Waals surface area contributed by atoms with Crippen molar-refractivity contribution in [1.82, 2.24) is 5.48 Å². The molecule has 0 heterocycles. The number of Topliss-reactive ketones (excluding diaryl/α,β-unsaturated/α-hetero) is 1. The van der Waals surface area contributed by atoms with E-state index in [0.717, 1.165) is 5.56 Å². The van der Waals surface area contributed by atoms with Gasteiger partial charge in [0.05, 0.1) is 6.61 Å². The van der Waals surface area contributed by atoms with Gasteiger partial charge in [0.2, 0.25) is 5.96 Å². The van der Waals surface area contributed by atoms with E-state index in [1.165, 1.54) is 6.07 Å². The highest BCUT2D eigenvalue weighted by molar-refractivity contribution is 7.87. The van der Waals surface area contributed by atoms with Gasteiger partial charge >= 0.3 is 0 Å². The van der Waals surface area contributed by atoms with Gasteiger partial charge in [-0.15, -0.1) is 4.28 Å². The van der Waals surface area contributed by atoms with Gasteiger partial charge < -0.3 is 10.8 Å². The first-order valence-electron chi connectivity index (χ1n) is 7.15. The number of benzene rings is 2. The Kier molecular flexibility index (Phi) is 5.86. The zero-order chi connectivity index (χ0) is 18.4. The third kappa shape index (κ3) is 5.38. The van der Waals surface area contributed by atoms with Crippen molar-refractivity contribution in [3.8, 4) is 11.1 Å². The number of aliphatic hydroxyl groups is 1. The lowest BCUT2D eigenvalue weighted by Crippen LogP contribution is -2.34. The number of ketones is 1. The van der Waals surface area contributed by atoms with Crippen LogP contribution in [0.1, 0.15) is 15.9 Å². The van der Waals surface area contributed by atoms with Crippen LogP contribution in [0.5, 0.6) is 0 Å². The van der Waals surface area contributed by atoms with Gasteiger partial charge in [-0.3, -0.25) is 10.2 Å². The summed E-state index contributed by atoms with van der Waals surface area (Å²) in [5.41, 5.74) is 8.72. The molecule has 25 heavy (non-hydrogen) atoms. The smallest absolute Gasteiger partial charge is 0.295 e. The Balaban J connectivity index is 2.29. The molecule has 0 radical (unpaired) electrons. The summed E-state index contributed by atoms with van der Waals surface area (Å²) >= 11 is 0. The number of rotatable bonds is 7. The van der Waals surface area contributed by atoms with Crippen LogP contribution in [0, 0.1) is 5.41 Å². The monoisotopic (exact) mass is 363 g/mol. The van der Waals surface area contributed by atoms with Crippen LogP contribution < -0.4 is 11.2 Å². The van der Waals surface area contributed by atoms with Crippen molar-refractivity contribution < 1.29 is 22.6 Å². The third-order valence-corrected chi connectivity index (χ3v) is 4.14. The molecular formula is C16H17N3O5S. The SMILES string of the molecule is N=C(N)NOS(=O)(=O)CC(=O)c1cc(CO)cc(-c2ccccc2)c1. The number of hydrogen-bond acceptors (Lipinski definition) is 6. The predicted octanol–water partition coefficient (Wildman–Crippen LogP) is 0.773. The molecular weight excluding hydrogens is 346 g/mol. The standard InChI is InChI=1S/C16H17N3O5S/c17-16(18)19-24-25(22,23)10-15(21)14-7-11(9-20)6-13(8-14)12-4-2-1-3-5-12/h1-8,20H,9-10H2,(H4,17,18,19). The number of aliphatic hydroxyl groups excluding tert-OH is 1. The molecule has 2 rings (SSSR count). The van der Waals surface area contributed by atoms with Crippen molar-refractivity contribution in [2.24, 2.45) is 5.73 Å². The average molecular weight is 363 g/mol. The van der Waals surface area contributed by atoms with Gasteiger partial charge in [-0.1, -0.05) is 30.3 Å². The zero-order valence-electron chi connectivity index (χ0n) is 13.1. The summed E-state index contributed by atoms with van der Waals surface area (Å²) in [6.07, 6.45) is 0. The summed E-state index contributed by atoms with van der Waals surface area (Å²) in [6.45, 7) is -0.296. The van der Waals surface area contributed by atoms with Crippen LogP contribution in [0.4, 0.5) is 0 Å². The van der Waals surface area contributed by atoms with Gasteiger partial charge in [-0.25, -0.2) is 5.48 Å². The quantitative estimate of drug-likeness (QED) is 0.246. The van der Waals surface area contributed by atoms with Crippen LogP contribution in [0.25, 0.3) is 11.1 Å². The minimum atomic E-state index is -4.27. The average Bonchev–Trinajstić information content (AvgIpc) is 2.60. The number of carbonyl (C=O) groups excluding carboxylic acids is 1. The molecule has 132 valence electrons. The Labute approximate surface area is 144 Å². The molecule has 0 aliphatic rings. The predicted molar refractivity (Wildman–Crippen MR) is 92.1 cm³/mol. The van der Waals surface area contributed by atoms with Crippen molar-refractivity contribution in [3.63, 3.8) is 0 Å². The number of guanidine groups is 1. The molecule has 0 amide bonds. The van der Waals surface area contributed by atoms with Gasteiger partial charge in [-0.05, 0) is 34.9 Å². The molecule has 0 atom stereocenters. The molecule has 0 fully saturated rings. The van der Waals surface area contributed by atoms with E-state index in [9.17, 15) is 18.3 Å². The van der Waals surface area contributed by atoms with Crippen molar-refractivity contribution in [1.29, 1.82) is 5.41 Å². The van der Waals surface area contributed by atoms with Crippen molar-refractivity contribution in [2.75, 3.05) is 5.75 Å². The van der Waals surface area contributed by atoms with Crippen LogP contribution in [-0.2, 0) is 21.0 Å².